The van der Waals surface area contributed by atoms with Crippen LogP contribution in [-0.4, -0.2) is 31.6 Å². The summed E-state index contributed by atoms with van der Waals surface area (Å²) in [5.74, 6) is 0.232. The minimum absolute atomic E-state index is 0.203. The topological polar surface area (TPSA) is 90.7 Å². The number of primary amides is 1. The molecule has 0 heterocycles. The maximum Gasteiger partial charge on any atom is 0.258 e. The molecular weight excluding hydrogens is 308 g/mol. The number of amides is 2. The number of benzene rings is 2. The number of rotatable bonds is 8. The highest BCUT2D eigenvalue weighted by Crippen LogP contribution is 2.16. The molecule has 6 nitrogen and oxygen atoms in total. The number of carbonyl (C=O) groups excluding carboxylic acids is 2. The van der Waals surface area contributed by atoms with Gasteiger partial charge in [0.2, 0.25) is 5.91 Å². The Morgan fingerprint density at radius 1 is 1.04 bits per heavy atom. The standard InChI is InChI=1S/C18H20N2O4/c1-23-14-7-9-15(10-8-14)24-12-17(21)20-16(18(19)22)11-13-5-3-2-4-6-13/h2-10,16H,11-12H2,1H3,(H2,19,22)(H,20,21). The lowest BCUT2D eigenvalue weighted by Crippen LogP contribution is -2.47. The van der Waals surface area contributed by atoms with E-state index in [1.807, 2.05) is 30.3 Å². The molecule has 0 aliphatic heterocycles. The van der Waals surface area contributed by atoms with Crippen molar-refractivity contribution >= 4 is 11.8 Å². The molecule has 0 aromatic heterocycles. The predicted molar refractivity (Wildman–Crippen MR) is 89.8 cm³/mol. The average molecular weight is 328 g/mol. The van der Waals surface area contributed by atoms with Gasteiger partial charge in [0.05, 0.1) is 7.11 Å². The van der Waals surface area contributed by atoms with E-state index in [-0.39, 0.29) is 6.61 Å². The molecule has 1 atom stereocenters. The lowest BCUT2D eigenvalue weighted by molar-refractivity contribution is -0.128. The van der Waals surface area contributed by atoms with Crippen molar-refractivity contribution in [3.05, 3.63) is 60.2 Å². The number of hydrogen-bond donors (Lipinski definition) is 2. The van der Waals surface area contributed by atoms with Crippen LogP contribution in [0, 0.1) is 0 Å². The summed E-state index contributed by atoms with van der Waals surface area (Å²) in [6.07, 6.45) is 0.338. The SMILES string of the molecule is COc1ccc(OCC(=O)NC(Cc2ccccc2)C(N)=O)cc1. The average Bonchev–Trinajstić information content (AvgIpc) is 2.60. The Bertz CT molecular complexity index is 671. The largest absolute Gasteiger partial charge is 0.497 e. The number of nitrogens with one attached hydrogen (secondary N) is 1. The van der Waals surface area contributed by atoms with Gasteiger partial charge in [-0.3, -0.25) is 9.59 Å². The van der Waals surface area contributed by atoms with Gasteiger partial charge in [-0.1, -0.05) is 30.3 Å². The van der Waals surface area contributed by atoms with Gasteiger partial charge in [0.1, 0.15) is 17.5 Å². The van der Waals surface area contributed by atoms with Crippen molar-refractivity contribution in [2.24, 2.45) is 5.73 Å². The van der Waals surface area contributed by atoms with Crippen molar-refractivity contribution < 1.29 is 19.1 Å². The zero-order chi connectivity index (χ0) is 17.4. The van der Waals surface area contributed by atoms with Crippen molar-refractivity contribution in [3.8, 4) is 11.5 Å². The molecule has 24 heavy (non-hydrogen) atoms. The molecule has 0 aliphatic rings. The van der Waals surface area contributed by atoms with E-state index in [0.29, 0.717) is 17.9 Å². The lowest BCUT2D eigenvalue weighted by atomic mass is 10.1. The molecule has 2 aromatic carbocycles. The molecule has 3 N–H and O–H groups in total. The van der Waals surface area contributed by atoms with Crippen LogP contribution in [0.1, 0.15) is 5.56 Å². The first-order chi connectivity index (χ1) is 11.6. The molecule has 1 unspecified atom stereocenters. The Balaban J connectivity index is 1.87. The number of methoxy groups -OCH3 is 1. The van der Waals surface area contributed by atoms with Gasteiger partial charge in [-0.15, -0.1) is 0 Å². The van der Waals surface area contributed by atoms with Gasteiger partial charge in [0.25, 0.3) is 5.91 Å². The lowest BCUT2D eigenvalue weighted by Gasteiger charge is -2.16. The first kappa shape index (κ1) is 17.3. The predicted octanol–water partition coefficient (Wildman–Crippen LogP) is 1.29. The second kappa shape index (κ2) is 8.57. The molecule has 0 radical (unpaired) electrons. The minimum Gasteiger partial charge on any atom is -0.497 e. The van der Waals surface area contributed by atoms with Gasteiger partial charge in [-0.25, -0.2) is 0 Å². The van der Waals surface area contributed by atoms with Crippen LogP contribution in [0.15, 0.2) is 54.6 Å². The van der Waals surface area contributed by atoms with Crippen molar-refractivity contribution in [3.63, 3.8) is 0 Å². The fourth-order valence-corrected chi connectivity index (χ4v) is 2.13. The van der Waals surface area contributed by atoms with Crippen LogP contribution in [0.4, 0.5) is 0 Å². The number of hydrogen-bond acceptors (Lipinski definition) is 4. The molecule has 0 aliphatic carbocycles. The molecule has 2 amide bonds. The Morgan fingerprint density at radius 2 is 1.67 bits per heavy atom. The molecule has 0 fully saturated rings. The monoisotopic (exact) mass is 328 g/mol. The van der Waals surface area contributed by atoms with Crippen LogP contribution in [0.3, 0.4) is 0 Å². The summed E-state index contributed by atoms with van der Waals surface area (Å²) in [5.41, 5.74) is 6.28. The van der Waals surface area contributed by atoms with Gasteiger partial charge >= 0.3 is 0 Å². The first-order valence-corrected chi connectivity index (χ1v) is 7.48. The van der Waals surface area contributed by atoms with Crippen LogP contribution in [0.5, 0.6) is 11.5 Å². The van der Waals surface area contributed by atoms with Crippen molar-refractivity contribution in [1.29, 1.82) is 0 Å². The molecule has 2 aromatic rings. The number of carbonyl (C=O) groups is 2. The zero-order valence-electron chi connectivity index (χ0n) is 13.4. The molecule has 126 valence electrons. The number of nitrogens with two attached hydrogens (primary N) is 1. The summed E-state index contributed by atoms with van der Waals surface area (Å²) in [6, 6.07) is 15.4. The summed E-state index contributed by atoms with van der Waals surface area (Å²) in [4.78, 5) is 23.5. The Morgan fingerprint density at radius 3 is 2.25 bits per heavy atom. The van der Waals surface area contributed by atoms with E-state index in [4.69, 9.17) is 15.2 Å². The third-order valence-electron chi connectivity index (χ3n) is 3.39. The van der Waals surface area contributed by atoms with Crippen molar-refractivity contribution in [2.75, 3.05) is 13.7 Å². The van der Waals surface area contributed by atoms with Crippen LogP contribution in [-0.2, 0) is 16.0 Å². The van der Waals surface area contributed by atoms with Crippen LogP contribution >= 0.6 is 0 Å². The van der Waals surface area contributed by atoms with E-state index in [1.165, 1.54) is 0 Å². The summed E-state index contributed by atoms with van der Waals surface area (Å²) in [6.45, 7) is -0.203. The highest BCUT2D eigenvalue weighted by atomic mass is 16.5. The Kier molecular flexibility index (Phi) is 6.19. The fraction of sp³-hybridized carbons (Fsp3) is 0.222. The molecule has 0 spiro atoms. The zero-order valence-corrected chi connectivity index (χ0v) is 13.4. The fourth-order valence-electron chi connectivity index (χ4n) is 2.13. The van der Waals surface area contributed by atoms with E-state index < -0.39 is 17.9 Å². The van der Waals surface area contributed by atoms with Crippen molar-refractivity contribution in [1.82, 2.24) is 5.32 Å². The third-order valence-corrected chi connectivity index (χ3v) is 3.39. The second-order valence-corrected chi connectivity index (χ2v) is 5.18. The van der Waals surface area contributed by atoms with Crippen LogP contribution < -0.4 is 20.5 Å². The summed E-state index contributed by atoms with van der Waals surface area (Å²) >= 11 is 0. The van der Waals surface area contributed by atoms with Crippen LogP contribution in [0.2, 0.25) is 0 Å². The minimum atomic E-state index is -0.778. The highest BCUT2D eigenvalue weighted by Gasteiger charge is 2.18. The quantitative estimate of drug-likeness (QED) is 0.764. The van der Waals surface area contributed by atoms with Gasteiger partial charge in [0.15, 0.2) is 6.61 Å². The van der Waals surface area contributed by atoms with E-state index >= 15 is 0 Å². The Hall–Kier alpha value is -3.02. The summed E-state index contributed by atoms with van der Waals surface area (Å²) < 4.78 is 10.4. The van der Waals surface area contributed by atoms with Crippen molar-refractivity contribution in [2.45, 2.75) is 12.5 Å². The molecule has 6 heteroatoms. The first-order valence-electron chi connectivity index (χ1n) is 7.48. The third kappa shape index (κ3) is 5.31. The van der Waals surface area contributed by atoms with Gasteiger partial charge in [-0.2, -0.15) is 0 Å². The maximum atomic E-state index is 12.0. The molecule has 0 saturated carbocycles. The smallest absolute Gasteiger partial charge is 0.258 e. The van der Waals surface area contributed by atoms with E-state index in [0.717, 1.165) is 5.56 Å². The van der Waals surface area contributed by atoms with E-state index in [9.17, 15) is 9.59 Å². The maximum absolute atomic E-state index is 12.0. The highest BCUT2D eigenvalue weighted by molar-refractivity contribution is 5.87. The summed E-state index contributed by atoms with van der Waals surface area (Å²) in [5, 5.41) is 2.59. The summed E-state index contributed by atoms with van der Waals surface area (Å²) in [7, 11) is 1.57. The Labute approximate surface area is 140 Å². The van der Waals surface area contributed by atoms with Gasteiger partial charge < -0.3 is 20.5 Å². The molecule has 2 rings (SSSR count). The van der Waals surface area contributed by atoms with Gasteiger partial charge in [-0.05, 0) is 29.8 Å². The van der Waals surface area contributed by atoms with Crippen LogP contribution in [0.25, 0.3) is 0 Å². The molecular formula is C18H20N2O4. The molecule has 0 saturated heterocycles. The van der Waals surface area contributed by atoms with E-state index in [2.05, 4.69) is 5.32 Å². The molecule has 0 bridgehead atoms. The second-order valence-electron chi connectivity index (χ2n) is 5.18. The normalized spacial score (nSPS) is 11.4. The van der Waals surface area contributed by atoms with Gasteiger partial charge in [0, 0.05) is 6.42 Å². The van der Waals surface area contributed by atoms with E-state index in [1.54, 1.807) is 31.4 Å². The number of ether oxygens (including phenoxy) is 2.